The maximum absolute atomic E-state index is 12.7. The quantitative estimate of drug-likeness (QED) is 0.842. The molecular formula is C18H17F3N2O3. The smallest absolute Gasteiger partial charge is 0.416 e. The Morgan fingerprint density at radius 1 is 1.00 bits per heavy atom. The average Bonchev–Trinajstić information content (AvgIpc) is 2.61. The molecule has 1 amide bonds. The van der Waals surface area contributed by atoms with E-state index < -0.39 is 11.7 Å². The summed E-state index contributed by atoms with van der Waals surface area (Å²) in [5.41, 5.74) is 0.147. The summed E-state index contributed by atoms with van der Waals surface area (Å²) in [6.07, 6.45) is -4.29. The molecule has 0 aromatic heterocycles. The molecule has 2 aromatic carbocycles. The molecule has 2 N–H and O–H groups in total. The molecule has 0 aliphatic carbocycles. The van der Waals surface area contributed by atoms with Crippen molar-refractivity contribution in [3.05, 3.63) is 48.0 Å². The van der Waals surface area contributed by atoms with Crippen molar-refractivity contribution in [2.75, 3.05) is 30.4 Å². The number of rotatable bonds is 5. The van der Waals surface area contributed by atoms with Crippen molar-refractivity contribution in [2.24, 2.45) is 0 Å². The number of hydrogen-bond donors (Lipinski definition) is 2. The molecule has 0 unspecified atom stereocenters. The Kier molecular flexibility index (Phi) is 5.20. The van der Waals surface area contributed by atoms with Gasteiger partial charge in [-0.1, -0.05) is 6.07 Å². The SMILES string of the molecule is O=C(CCNc1cccc(C(F)(F)F)c1)Nc1ccc2c(c1)OCCO2. The Labute approximate surface area is 148 Å². The van der Waals surface area contributed by atoms with Gasteiger partial charge in [-0.25, -0.2) is 0 Å². The van der Waals surface area contributed by atoms with E-state index in [2.05, 4.69) is 10.6 Å². The van der Waals surface area contributed by atoms with Gasteiger partial charge < -0.3 is 20.1 Å². The molecule has 0 radical (unpaired) electrons. The third-order valence-electron chi connectivity index (χ3n) is 3.70. The first-order chi connectivity index (χ1) is 12.4. The molecule has 26 heavy (non-hydrogen) atoms. The monoisotopic (exact) mass is 366 g/mol. The molecule has 8 heteroatoms. The number of halogens is 3. The van der Waals surface area contributed by atoms with Gasteiger partial charge in [-0.3, -0.25) is 4.79 Å². The number of benzene rings is 2. The summed E-state index contributed by atoms with van der Waals surface area (Å²) in [5, 5.41) is 5.54. The minimum absolute atomic E-state index is 0.102. The largest absolute Gasteiger partial charge is 0.486 e. The van der Waals surface area contributed by atoms with Crippen molar-refractivity contribution < 1.29 is 27.4 Å². The number of nitrogens with one attached hydrogen (secondary N) is 2. The summed E-state index contributed by atoms with van der Waals surface area (Å²) in [4.78, 5) is 12.0. The van der Waals surface area contributed by atoms with Crippen LogP contribution in [0.4, 0.5) is 24.5 Å². The van der Waals surface area contributed by atoms with Crippen LogP contribution in [-0.4, -0.2) is 25.7 Å². The van der Waals surface area contributed by atoms with Gasteiger partial charge in [-0.15, -0.1) is 0 Å². The molecular weight excluding hydrogens is 349 g/mol. The Bertz CT molecular complexity index is 793. The predicted molar refractivity (Wildman–Crippen MR) is 90.6 cm³/mol. The van der Waals surface area contributed by atoms with E-state index in [0.29, 0.717) is 36.1 Å². The minimum atomic E-state index is -4.40. The predicted octanol–water partition coefficient (Wildman–Crippen LogP) is 3.92. The van der Waals surface area contributed by atoms with Crippen molar-refractivity contribution >= 4 is 17.3 Å². The van der Waals surface area contributed by atoms with Gasteiger partial charge in [-0.2, -0.15) is 13.2 Å². The van der Waals surface area contributed by atoms with Gasteiger partial charge in [-0.05, 0) is 30.3 Å². The van der Waals surface area contributed by atoms with Gasteiger partial charge >= 0.3 is 6.18 Å². The highest BCUT2D eigenvalue weighted by molar-refractivity contribution is 5.91. The summed E-state index contributed by atoms with van der Waals surface area (Å²) in [6.45, 7) is 1.14. The normalized spacial score (nSPS) is 13.2. The Hall–Kier alpha value is -2.90. The zero-order valence-electron chi connectivity index (χ0n) is 13.7. The van der Waals surface area contributed by atoms with E-state index in [-0.39, 0.29) is 18.9 Å². The maximum Gasteiger partial charge on any atom is 0.416 e. The lowest BCUT2D eigenvalue weighted by molar-refractivity contribution is -0.137. The number of amides is 1. The van der Waals surface area contributed by atoms with Crippen LogP contribution in [0, 0.1) is 0 Å². The third-order valence-corrected chi connectivity index (χ3v) is 3.70. The summed E-state index contributed by atoms with van der Waals surface area (Å²) < 4.78 is 48.9. The number of hydrogen-bond acceptors (Lipinski definition) is 4. The first kappa shape index (κ1) is 17.9. The standard InChI is InChI=1S/C18H17F3N2O3/c19-18(20,21)12-2-1-3-13(10-12)22-7-6-17(24)23-14-4-5-15-16(11-14)26-9-8-25-15/h1-5,10-11,22H,6-9H2,(H,23,24). The third kappa shape index (κ3) is 4.59. The topological polar surface area (TPSA) is 59.6 Å². The lowest BCUT2D eigenvalue weighted by atomic mass is 10.2. The van der Waals surface area contributed by atoms with Gasteiger partial charge in [0.1, 0.15) is 13.2 Å². The molecule has 2 aromatic rings. The van der Waals surface area contributed by atoms with E-state index in [1.165, 1.54) is 12.1 Å². The fraction of sp³-hybridized carbons (Fsp3) is 0.278. The molecule has 0 spiro atoms. The summed E-state index contributed by atoms with van der Waals surface area (Å²) >= 11 is 0. The van der Waals surface area contributed by atoms with E-state index in [4.69, 9.17) is 9.47 Å². The Balaban J connectivity index is 1.50. The average molecular weight is 366 g/mol. The van der Waals surface area contributed by atoms with Gasteiger partial charge in [0.25, 0.3) is 0 Å². The number of alkyl halides is 3. The molecule has 0 fully saturated rings. The summed E-state index contributed by atoms with van der Waals surface area (Å²) in [6, 6.07) is 9.94. The Morgan fingerprint density at radius 2 is 1.77 bits per heavy atom. The van der Waals surface area contributed by atoms with E-state index in [1.807, 2.05) is 0 Å². The number of ether oxygens (including phenoxy) is 2. The van der Waals surface area contributed by atoms with Gasteiger partial charge in [0, 0.05) is 30.4 Å². The van der Waals surface area contributed by atoms with Crippen LogP contribution in [0.5, 0.6) is 11.5 Å². The molecule has 1 aliphatic heterocycles. The molecule has 0 saturated heterocycles. The Morgan fingerprint density at radius 3 is 2.54 bits per heavy atom. The fourth-order valence-electron chi connectivity index (χ4n) is 2.47. The van der Waals surface area contributed by atoms with Crippen molar-refractivity contribution in [1.82, 2.24) is 0 Å². The first-order valence-electron chi connectivity index (χ1n) is 8.02. The highest BCUT2D eigenvalue weighted by atomic mass is 19.4. The van der Waals surface area contributed by atoms with E-state index in [1.54, 1.807) is 18.2 Å². The molecule has 0 atom stereocenters. The van der Waals surface area contributed by atoms with Crippen LogP contribution in [0.15, 0.2) is 42.5 Å². The van der Waals surface area contributed by atoms with Crippen LogP contribution < -0.4 is 20.1 Å². The molecule has 0 saturated carbocycles. The fourth-order valence-corrected chi connectivity index (χ4v) is 2.47. The highest BCUT2D eigenvalue weighted by Gasteiger charge is 2.30. The number of carbonyl (C=O) groups excluding carboxylic acids is 1. The lowest BCUT2D eigenvalue weighted by Crippen LogP contribution is -2.18. The van der Waals surface area contributed by atoms with E-state index >= 15 is 0 Å². The molecule has 138 valence electrons. The molecule has 0 bridgehead atoms. The summed E-state index contributed by atoms with van der Waals surface area (Å²) in [5.74, 6) is 0.928. The molecule has 1 aliphatic rings. The van der Waals surface area contributed by atoms with Crippen LogP contribution in [0.2, 0.25) is 0 Å². The van der Waals surface area contributed by atoms with Gasteiger partial charge in [0.05, 0.1) is 5.56 Å². The number of carbonyl (C=O) groups is 1. The number of anilines is 2. The second-order valence-corrected chi connectivity index (χ2v) is 5.66. The van der Waals surface area contributed by atoms with Crippen molar-refractivity contribution in [3.8, 4) is 11.5 Å². The van der Waals surface area contributed by atoms with Crippen LogP contribution >= 0.6 is 0 Å². The van der Waals surface area contributed by atoms with Crippen LogP contribution in [0.25, 0.3) is 0 Å². The van der Waals surface area contributed by atoms with Crippen molar-refractivity contribution in [3.63, 3.8) is 0 Å². The minimum Gasteiger partial charge on any atom is -0.486 e. The molecule has 3 rings (SSSR count). The highest BCUT2D eigenvalue weighted by Crippen LogP contribution is 2.33. The molecule has 1 heterocycles. The second-order valence-electron chi connectivity index (χ2n) is 5.66. The van der Waals surface area contributed by atoms with Crippen LogP contribution in [-0.2, 0) is 11.0 Å². The van der Waals surface area contributed by atoms with Crippen molar-refractivity contribution in [1.29, 1.82) is 0 Å². The molecule has 5 nitrogen and oxygen atoms in total. The van der Waals surface area contributed by atoms with Gasteiger partial charge in [0.2, 0.25) is 5.91 Å². The zero-order valence-corrected chi connectivity index (χ0v) is 13.7. The van der Waals surface area contributed by atoms with E-state index in [9.17, 15) is 18.0 Å². The van der Waals surface area contributed by atoms with Gasteiger partial charge in [0.15, 0.2) is 11.5 Å². The van der Waals surface area contributed by atoms with Crippen LogP contribution in [0.1, 0.15) is 12.0 Å². The lowest BCUT2D eigenvalue weighted by Gasteiger charge is -2.19. The maximum atomic E-state index is 12.7. The van der Waals surface area contributed by atoms with Crippen LogP contribution in [0.3, 0.4) is 0 Å². The van der Waals surface area contributed by atoms with Crippen molar-refractivity contribution in [2.45, 2.75) is 12.6 Å². The number of fused-ring (bicyclic) bond motifs is 1. The zero-order chi connectivity index (χ0) is 18.6. The van der Waals surface area contributed by atoms with E-state index in [0.717, 1.165) is 12.1 Å². The second kappa shape index (κ2) is 7.55. The summed E-state index contributed by atoms with van der Waals surface area (Å²) in [7, 11) is 0. The first-order valence-corrected chi connectivity index (χ1v) is 8.02.